The number of amides is 1. The molecule has 98 valence electrons. The molecule has 0 saturated heterocycles. The lowest BCUT2D eigenvalue weighted by Crippen LogP contribution is -2.20. The van der Waals surface area contributed by atoms with Crippen molar-refractivity contribution >= 4 is 23.3 Å². The number of primary amides is 1. The molecule has 18 heavy (non-hydrogen) atoms. The van der Waals surface area contributed by atoms with Gasteiger partial charge in [-0.05, 0) is 18.2 Å². The number of carbonyl (C=O) groups excluding carboxylic acids is 1. The van der Waals surface area contributed by atoms with Gasteiger partial charge in [-0.15, -0.1) is 0 Å². The lowest BCUT2D eigenvalue weighted by molar-refractivity contribution is -0.122. The van der Waals surface area contributed by atoms with Gasteiger partial charge in [0.15, 0.2) is 0 Å². The van der Waals surface area contributed by atoms with Crippen molar-refractivity contribution in [2.45, 2.75) is 0 Å². The molecule has 0 spiro atoms. The van der Waals surface area contributed by atoms with E-state index in [1.165, 1.54) is 18.2 Å². The number of carbonyl (C=O) groups is 2. The summed E-state index contributed by atoms with van der Waals surface area (Å²) in [6.07, 6.45) is 0. The zero-order chi connectivity index (χ0) is 13.5. The predicted octanol–water partition coefficient (Wildman–Crippen LogP) is -0.119. The van der Waals surface area contributed by atoms with Crippen molar-refractivity contribution < 1.29 is 19.4 Å². The average Bonchev–Trinajstić information content (AvgIpc) is 2.30. The Balaban J connectivity index is 2.48. The number of nitrogens with one attached hydrogen (secondary N) is 1. The van der Waals surface area contributed by atoms with Crippen LogP contribution in [0.4, 0.5) is 11.4 Å². The minimum Gasteiger partial charge on any atom is -0.478 e. The summed E-state index contributed by atoms with van der Waals surface area (Å²) in [6.45, 7) is 0.507. The van der Waals surface area contributed by atoms with Gasteiger partial charge in [-0.1, -0.05) is 0 Å². The van der Waals surface area contributed by atoms with Gasteiger partial charge in [0.05, 0.1) is 23.5 Å². The van der Waals surface area contributed by atoms with Gasteiger partial charge in [0, 0.05) is 6.54 Å². The fraction of sp³-hybridized carbons (Fsp3) is 0.273. The van der Waals surface area contributed by atoms with E-state index in [9.17, 15) is 9.59 Å². The first-order valence-corrected chi connectivity index (χ1v) is 5.23. The molecule has 0 aliphatic heterocycles. The molecular weight excluding hydrogens is 238 g/mol. The van der Waals surface area contributed by atoms with Gasteiger partial charge in [0.1, 0.15) is 6.61 Å². The van der Waals surface area contributed by atoms with Gasteiger partial charge < -0.3 is 26.6 Å². The van der Waals surface area contributed by atoms with Crippen LogP contribution in [0.2, 0.25) is 0 Å². The lowest BCUT2D eigenvalue weighted by atomic mass is 10.2. The van der Waals surface area contributed by atoms with Crippen LogP contribution in [-0.4, -0.2) is 36.7 Å². The van der Waals surface area contributed by atoms with Gasteiger partial charge in [0.25, 0.3) is 0 Å². The van der Waals surface area contributed by atoms with Gasteiger partial charge in [0.2, 0.25) is 5.91 Å². The van der Waals surface area contributed by atoms with E-state index in [0.717, 1.165) is 0 Å². The van der Waals surface area contributed by atoms with Crippen molar-refractivity contribution in [3.8, 4) is 0 Å². The minimum atomic E-state index is -1.02. The van der Waals surface area contributed by atoms with Crippen LogP contribution >= 0.6 is 0 Å². The maximum atomic E-state index is 10.8. The molecule has 0 heterocycles. The van der Waals surface area contributed by atoms with Crippen LogP contribution in [0.25, 0.3) is 0 Å². The molecule has 0 fully saturated rings. The number of rotatable bonds is 7. The number of anilines is 2. The third-order valence-corrected chi connectivity index (χ3v) is 2.11. The Labute approximate surface area is 104 Å². The molecular formula is C11H15N3O4. The second-order valence-corrected chi connectivity index (χ2v) is 3.55. The zero-order valence-electron chi connectivity index (χ0n) is 9.68. The first kappa shape index (κ1) is 13.8. The van der Waals surface area contributed by atoms with E-state index < -0.39 is 11.9 Å². The molecule has 0 unspecified atom stereocenters. The second-order valence-electron chi connectivity index (χ2n) is 3.55. The number of aromatic carboxylic acids is 1. The topological polar surface area (TPSA) is 128 Å². The van der Waals surface area contributed by atoms with Crippen LogP contribution in [-0.2, 0) is 9.53 Å². The summed E-state index contributed by atoms with van der Waals surface area (Å²) in [5.74, 6) is -1.56. The minimum absolute atomic E-state index is 0.143. The van der Waals surface area contributed by atoms with Crippen LogP contribution in [0.5, 0.6) is 0 Å². The van der Waals surface area contributed by atoms with Gasteiger partial charge >= 0.3 is 5.97 Å². The SMILES string of the molecule is NC(=O)COCCNc1cc(C(=O)O)ccc1N. The molecule has 0 aliphatic rings. The highest BCUT2D eigenvalue weighted by Gasteiger charge is 2.06. The Morgan fingerprint density at radius 3 is 2.72 bits per heavy atom. The number of nitrogens with two attached hydrogens (primary N) is 2. The Hall–Kier alpha value is -2.28. The van der Waals surface area contributed by atoms with E-state index in [4.69, 9.17) is 21.3 Å². The third-order valence-electron chi connectivity index (χ3n) is 2.11. The largest absolute Gasteiger partial charge is 0.478 e. The average molecular weight is 253 g/mol. The predicted molar refractivity (Wildman–Crippen MR) is 66.3 cm³/mol. The summed E-state index contributed by atoms with van der Waals surface area (Å²) in [4.78, 5) is 21.2. The smallest absolute Gasteiger partial charge is 0.335 e. The van der Waals surface area contributed by atoms with Gasteiger partial charge in [-0.2, -0.15) is 0 Å². The first-order chi connectivity index (χ1) is 8.50. The van der Waals surface area contributed by atoms with Crippen molar-refractivity contribution in [3.63, 3.8) is 0 Å². The monoisotopic (exact) mass is 253 g/mol. The number of hydrogen-bond donors (Lipinski definition) is 4. The molecule has 0 bridgehead atoms. The first-order valence-electron chi connectivity index (χ1n) is 5.23. The van der Waals surface area contributed by atoms with Crippen molar-refractivity contribution in [1.82, 2.24) is 0 Å². The summed E-state index contributed by atoms with van der Waals surface area (Å²) >= 11 is 0. The van der Waals surface area contributed by atoms with E-state index in [2.05, 4.69) is 5.32 Å². The molecule has 0 aliphatic carbocycles. The molecule has 7 nitrogen and oxygen atoms in total. The highest BCUT2D eigenvalue weighted by molar-refractivity contribution is 5.90. The highest BCUT2D eigenvalue weighted by Crippen LogP contribution is 2.19. The van der Waals surface area contributed by atoms with Gasteiger partial charge in [-0.25, -0.2) is 4.79 Å². The number of nitrogen functional groups attached to an aromatic ring is 1. The summed E-state index contributed by atoms with van der Waals surface area (Å²) in [5.41, 5.74) is 11.7. The summed E-state index contributed by atoms with van der Waals surface area (Å²) in [5, 5.41) is 11.7. The van der Waals surface area contributed by atoms with E-state index in [-0.39, 0.29) is 18.8 Å². The molecule has 0 saturated carbocycles. The fourth-order valence-electron chi connectivity index (χ4n) is 1.27. The Morgan fingerprint density at radius 2 is 2.11 bits per heavy atom. The highest BCUT2D eigenvalue weighted by atomic mass is 16.5. The molecule has 1 rings (SSSR count). The summed E-state index contributed by atoms with van der Waals surface area (Å²) in [6, 6.07) is 4.37. The molecule has 1 aromatic carbocycles. The molecule has 0 atom stereocenters. The molecule has 6 N–H and O–H groups in total. The van der Waals surface area contributed by atoms with Crippen LogP contribution < -0.4 is 16.8 Å². The second kappa shape index (κ2) is 6.45. The number of carboxylic acid groups (broad SMARTS) is 1. The Kier molecular flexibility index (Phi) is 4.94. The maximum Gasteiger partial charge on any atom is 0.335 e. The summed E-state index contributed by atoms with van der Waals surface area (Å²) in [7, 11) is 0. The van der Waals surface area contributed by atoms with Crippen LogP contribution in [0.1, 0.15) is 10.4 Å². The van der Waals surface area contributed by atoms with Crippen molar-refractivity contribution in [1.29, 1.82) is 0 Å². The van der Waals surface area contributed by atoms with Crippen molar-refractivity contribution in [3.05, 3.63) is 23.8 Å². The quantitative estimate of drug-likeness (QED) is 0.396. The van der Waals surface area contributed by atoms with E-state index >= 15 is 0 Å². The van der Waals surface area contributed by atoms with E-state index in [1.54, 1.807) is 0 Å². The van der Waals surface area contributed by atoms with E-state index in [1.807, 2.05) is 0 Å². The Bertz CT molecular complexity index is 448. The normalized spacial score (nSPS) is 10.0. The molecule has 0 radical (unpaired) electrons. The Morgan fingerprint density at radius 1 is 1.39 bits per heavy atom. The van der Waals surface area contributed by atoms with Crippen LogP contribution in [0.3, 0.4) is 0 Å². The van der Waals surface area contributed by atoms with E-state index in [0.29, 0.717) is 17.9 Å². The van der Waals surface area contributed by atoms with Gasteiger partial charge in [-0.3, -0.25) is 4.79 Å². The fourth-order valence-corrected chi connectivity index (χ4v) is 1.27. The summed E-state index contributed by atoms with van der Waals surface area (Å²) < 4.78 is 4.94. The number of hydrogen-bond acceptors (Lipinski definition) is 5. The number of ether oxygens (including phenoxy) is 1. The zero-order valence-corrected chi connectivity index (χ0v) is 9.68. The molecule has 7 heteroatoms. The molecule has 1 aromatic rings. The molecule has 1 amide bonds. The maximum absolute atomic E-state index is 10.8. The van der Waals surface area contributed by atoms with Crippen LogP contribution in [0, 0.1) is 0 Å². The third kappa shape index (κ3) is 4.30. The van der Waals surface area contributed by atoms with Crippen molar-refractivity contribution in [2.24, 2.45) is 5.73 Å². The number of benzene rings is 1. The van der Waals surface area contributed by atoms with Crippen molar-refractivity contribution in [2.75, 3.05) is 30.8 Å². The number of carboxylic acids is 1. The van der Waals surface area contributed by atoms with Crippen LogP contribution in [0.15, 0.2) is 18.2 Å². The lowest BCUT2D eigenvalue weighted by Gasteiger charge is -2.10. The molecule has 0 aromatic heterocycles. The standard InChI is InChI=1S/C11H15N3O4/c12-8-2-1-7(11(16)17)5-9(8)14-3-4-18-6-10(13)15/h1-2,5,14H,3-4,6,12H2,(H2,13,15)(H,16,17).